The number of aromatic nitrogens is 6. The van der Waals surface area contributed by atoms with Gasteiger partial charge in [0.05, 0.1) is 5.69 Å². The highest BCUT2D eigenvalue weighted by molar-refractivity contribution is 7.98. The molecule has 0 fully saturated rings. The minimum absolute atomic E-state index is 0.0909. The van der Waals surface area contributed by atoms with Crippen molar-refractivity contribution in [3.05, 3.63) is 100 Å². The largest absolute Gasteiger partial charge is 0.270 e. The van der Waals surface area contributed by atoms with Crippen molar-refractivity contribution in [1.29, 1.82) is 0 Å². The first-order chi connectivity index (χ1) is 15.6. The van der Waals surface area contributed by atoms with E-state index in [1.165, 1.54) is 17.3 Å². The molecule has 0 aliphatic rings. The highest BCUT2D eigenvalue weighted by atomic mass is 32.2. The Hall–Kier alpha value is -3.78. The molecule has 5 aromatic rings. The van der Waals surface area contributed by atoms with Crippen LogP contribution in [0.4, 0.5) is 0 Å². The highest BCUT2D eigenvalue weighted by Crippen LogP contribution is 2.29. The van der Waals surface area contributed by atoms with Crippen LogP contribution in [0.15, 0.2) is 83.1 Å². The summed E-state index contributed by atoms with van der Waals surface area (Å²) in [6, 6.07) is 17.4. The van der Waals surface area contributed by atoms with Crippen molar-refractivity contribution in [3.8, 4) is 17.1 Å². The Bertz CT molecular complexity index is 1460. The predicted molar refractivity (Wildman–Crippen MR) is 125 cm³/mol. The molecule has 4 aromatic heterocycles. The Morgan fingerprint density at radius 2 is 1.75 bits per heavy atom. The molecule has 8 heteroatoms. The fraction of sp³-hybridized carbons (Fsp3) is 0.125. The molecule has 0 spiro atoms. The standard InChI is InChI=1S/C24H20N6OS/c1-16-5-7-20(8-6-16)30-23(18-9-11-25-12-10-18)27-28-24(30)32-15-19-14-21(31)29-13-3-4-17(2)22(29)26-19/h3-14H,15H2,1-2H3. The second kappa shape index (κ2) is 8.39. The number of benzene rings is 1. The zero-order chi connectivity index (χ0) is 22.1. The van der Waals surface area contributed by atoms with Gasteiger partial charge in [-0.3, -0.25) is 18.7 Å². The minimum atomic E-state index is -0.0909. The molecule has 0 bridgehead atoms. The van der Waals surface area contributed by atoms with Crippen LogP contribution >= 0.6 is 11.8 Å². The summed E-state index contributed by atoms with van der Waals surface area (Å²) < 4.78 is 3.60. The van der Waals surface area contributed by atoms with Crippen molar-refractivity contribution >= 4 is 17.4 Å². The molecule has 158 valence electrons. The highest BCUT2D eigenvalue weighted by Gasteiger charge is 2.17. The topological polar surface area (TPSA) is 78.0 Å². The van der Waals surface area contributed by atoms with Gasteiger partial charge in [-0.15, -0.1) is 10.2 Å². The summed E-state index contributed by atoms with van der Waals surface area (Å²) in [5.74, 6) is 1.24. The third kappa shape index (κ3) is 3.80. The van der Waals surface area contributed by atoms with Crippen molar-refractivity contribution in [1.82, 2.24) is 29.1 Å². The molecule has 5 rings (SSSR count). The molecule has 32 heavy (non-hydrogen) atoms. The van der Waals surface area contributed by atoms with E-state index >= 15 is 0 Å². The Balaban J connectivity index is 1.54. The maximum atomic E-state index is 12.5. The van der Waals surface area contributed by atoms with Crippen LogP contribution in [0.1, 0.15) is 16.8 Å². The molecule has 0 atom stereocenters. The number of hydrogen-bond donors (Lipinski definition) is 0. The van der Waals surface area contributed by atoms with Crippen LogP contribution < -0.4 is 5.56 Å². The molecule has 0 saturated carbocycles. The lowest BCUT2D eigenvalue weighted by Crippen LogP contribution is -2.15. The Labute approximate surface area is 188 Å². The molecule has 0 amide bonds. The van der Waals surface area contributed by atoms with Crippen LogP contribution in [0.5, 0.6) is 0 Å². The number of pyridine rings is 2. The molecule has 4 heterocycles. The second-order valence-corrected chi connectivity index (χ2v) is 8.41. The quantitative estimate of drug-likeness (QED) is 0.380. The minimum Gasteiger partial charge on any atom is -0.270 e. The molecule has 0 aliphatic carbocycles. The van der Waals surface area contributed by atoms with E-state index in [1.807, 2.05) is 35.8 Å². The average Bonchev–Trinajstić information content (AvgIpc) is 3.23. The number of hydrogen-bond acceptors (Lipinski definition) is 6. The Kier molecular flexibility index (Phi) is 5.28. The van der Waals surface area contributed by atoms with E-state index in [2.05, 4.69) is 46.4 Å². The summed E-state index contributed by atoms with van der Waals surface area (Å²) in [4.78, 5) is 21.4. The molecule has 0 radical (unpaired) electrons. The number of thioether (sulfide) groups is 1. The summed E-state index contributed by atoms with van der Waals surface area (Å²) in [6.45, 7) is 4.01. The van der Waals surface area contributed by atoms with E-state index in [9.17, 15) is 4.79 Å². The molecule has 0 aliphatic heterocycles. The zero-order valence-electron chi connectivity index (χ0n) is 17.6. The first kappa shape index (κ1) is 20.1. The number of nitrogens with zero attached hydrogens (tertiary/aromatic N) is 6. The van der Waals surface area contributed by atoms with Gasteiger partial charge in [0.25, 0.3) is 5.56 Å². The maximum absolute atomic E-state index is 12.5. The first-order valence-corrected chi connectivity index (χ1v) is 11.1. The smallest absolute Gasteiger partial charge is 0.258 e. The average molecular weight is 441 g/mol. The van der Waals surface area contributed by atoms with Crippen LogP contribution in [0.2, 0.25) is 0 Å². The van der Waals surface area contributed by atoms with Gasteiger partial charge in [0, 0.05) is 41.7 Å². The van der Waals surface area contributed by atoms with Gasteiger partial charge < -0.3 is 0 Å². The van der Waals surface area contributed by atoms with E-state index in [0.717, 1.165) is 27.8 Å². The Morgan fingerprint density at radius 3 is 2.53 bits per heavy atom. The van der Waals surface area contributed by atoms with Crippen LogP contribution in [0.25, 0.3) is 22.7 Å². The SMILES string of the molecule is Cc1ccc(-n2c(SCc3cc(=O)n4cccc(C)c4n3)nnc2-c2ccncc2)cc1. The van der Waals surface area contributed by atoms with Crippen molar-refractivity contribution in [2.75, 3.05) is 0 Å². The molecular weight excluding hydrogens is 420 g/mol. The van der Waals surface area contributed by atoms with Gasteiger partial charge in [-0.2, -0.15) is 0 Å². The van der Waals surface area contributed by atoms with Crippen molar-refractivity contribution in [2.24, 2.45) is 0 Å². The second-order valence-electron chi connectivity index (χ2n) is 7.47. The van der Waals surface area contributed by atoms with Crippen molar-refractivity contribution in [3.63, 3.8) is 0 Å². The van der Waals surface area contributed by atoms with Gasteiger partial charge in [0.1, 0.15) is 5.65 Å². The molecule has 0 saturated heterocycles. The van der Waals surface area contributed by atoms with Gasteiger partial charge in [0.2, 0.25) is 0 Å². The summed E-state index contributed by atoms with van der Waals surface area (Å²) in [6.07, 6.45) is 5.22. The van der Waals surface area contributed by atoms with Gasteiger partial charge in [0.15, 0.2) is 11.0 Å². The summed E-state index contributed by atoms with van der Waals surface area (Å²) in [5.41, 5.74) is 5.32. The van der Waals surface area contributed by atoms with Crippen molar-refractivity contribution < 1.29 is 0 Å². The van der Waals surface area contributed by atoms with E-state index in [-0.39, 0.29) is 5.56 Å². The third-order valence-electron chi connectivity index (χ3n) is 5.15. The maximum Gasteiger partial charge on any atom is 0.258 e. The number of aryl methyl sites for hydroxylation is 2. The van der Waals surface area contributed by atoms with Crippen molar-refractivity contribution in [2.45, 2.75) is 24.8 Å². The number of rotatable bonds is 5. The zero-order valence-corrected chi connectivity index (χ0v) is 18.5. The lowest BCUT2D eigenvalue weighted by Gasteiger charge is -2.11. The monoisotopic (exact) mass is 440 g/mol. The predicted octanol–water partition coefficient (Wildman–Crippen LogP) is 4.25. The lowest BCUT2D eigenvalue weighted by molar-refractivity contribution is 0.884. The van der Waals surface area contributed by atoms with Crippen LogP contribution in [-0.2, 0) is 5.75 Å². The normalized spacial score (nSPS) is 11.2. The fourth-order valence-corrected chi connectivity index (χ4v) is 4.34. The van der Waals surface area contributed by atoms with Gasteiger partial charge in [-0.05, 0) is 49.7 Å². The van der Waals surface area contributed by atoms with Crippen LogP contribution in [0, 0.1) is 13.8 Å². The first-order valence-electron chi connectivity index (χ1n) is 10.1. The fourth-order valence-electron chi connectivity index (χ4n) is 3.50. The summed E-state index contributed by atoms with van der Waals surface area (Å²) in [7, 11) is 0. The molecule has 7 nitrogen and oxygen atoms in total. The van der Waals surface area contributed by atoms with E-state index < -0.39 is 0 Å². The summed E-state index contributed by atoms with van der Waals surface area (Å²) in [5, 5.41) is 9.64. The molecule has 0 N–H and O–H groups in total. The molecule has 0 unspecified atom stereocenters. The van der Waals surface area contributed by atoms with E-state index in [1.54, 1.807) is 29.1 Å². The molecule has 1 aromatic carbocycles. The summed E-state index contributed by atoms with van der Waals surface area (Å²) >= 11 is 1.50. The van der Waals surface area contributed by atoms with Gasteiger partial charge >= 0.3 is 0 Å². The third-order valence-corrected chi connectivity index (χ3v) is 6.12. The lowest BCUT2D eigenvalue weighted by atomic mass is 10.2. The van der Waals surface area contributed by atoms with E-state index in [4.69, 9.17) is 4.98 Å². The molecular formula is C24H20N6OS. The van der Waals surface area contributed by atoms with Crippen LogP contribution in [0.3, 0.4) is 0 Å². The van der Waals surface area contributed by atoms with Crippen LogP contribution in [-0.4, -0.2) is 29.1 Å². The van der Waals surface area contributed by atoms with Gasteiger partial charge in [-0.1, -0.05) is 35.5 Å². The Morgan fingerprint density at radius 1 is 0.969 bits per heavy atom. The van der Waals surface area contributed by atoms with Gasteiger partial charge in [-0.25, -0.2) is 4.98 Å². The number of fused-ring (bicyclic) bond motifs is 1. The van der Waals surface area contributed by atoms with E-state index in [0.29, 0.717) is 17.1 Å².